The standard InChI is InChI=1S/C6H6FNO2S/c7-5-2-1-4(11(9)10)3-6(5)8/h1-3H,8H2,(H,9,10). The molecule has 0 spiro atoms. The lowest BCUT2D eigenvalue weighted by molar-refractivity contribution is 0.564. The van der Waals surface area contributed by atoms with E-state index in [4.69, 9.17) is 10.3 Å². The molecule has 5 heteroatoms. The summed E-state index contributed by atoms with van der Waals surface area (Å²) in [5.41, 5.74) is 5.02. The van der Waals surface area contributed by atoms with Crippen molar-refractivity contribution in [2.75, 3.05) is 5.73 Å². The summed E-state index contributed by atoms with van der Waals surface area (Å²) < 4.78 is 31.4. The van der Waals surface area contributed by atoms with E-state index in [1.807, 2.05) is 0 Å². The Morgan fingerprint density at radius 2 is 2.18 bits per heavy atom. The van der Waals surface area contributed by atoms with E-state index in [2.05, 4.69) is 0 Å². The van der Waals surface area contributed by atoms with Crippen molar-refractivity contribution < 1.29 is 13.2 Å². The average molecular weight is 175 g/mol. The van der Waals surface area contributed by atoms with Crippen molar-refractivity contribution in [2.45, 2.75) is 4.90 Å². The highest BCUT2D eigenvalue weighted by Crippen LogP contribution is 2.13. The SMILES string of the molecule is Nc1cc(S(=O)O)ccc1F. The molecule has 60 valence electrons. The first-order valence-corrected chi connectivity index (χ1v) is 3.88. The lowest BCUT2D eigenvalue weighted by atomic mass is 10.3. The van der Waals surface area contributed by atoms with Crippen LogP contribution < -0.4 is 5.73 Å². The maximum atomic E-state index is 12.5. The Hall–Kier alpha value is -0.940. The van der Waals surface area contributed by atoms with Crippen LogP contribution in [0.3, 0.4) is 0 Å². The van der Waals surface area contributed by atoms with Gasteiger partial charge < -0.3 is 10.3 Å². The summed E-state index contributed by atoms with van der Waals surface area (Å²) in [6, 6.07) is 3.39. The van der Waals surface area contributed by atoms with Crippen LogP contribution in [0.4, 0.5) is 10.1 Å². The van der Waals surface area contributed by atoms with Crippen LogP contribution in [-0.4, -0.2) is 8.76 Å². The maximum absolute atomic E-state index is 12.5. The lowest BCUT2D eigenvalue weighted by Gasteiger charge is -1.97. The molecule has 0 radical (unpaired) electrons. The summed E-state index contributed by atoms with van der Waals surface area (Å²) in [5, 5.41) is 0. The fraction of sp³-hybridized carbons (Fsp3) is 0. The molecule has 0 fully saturated rings. The third kappa shape index (κ3) is 1.75. The number of rotatable bonds is 1. The highest BCUT2D eigenvalue weighted by Gasteiger charge is 2.02. The zero-order valence-electron chi connectivity index (χ0n) is 5.45. The van der Waals surface area contributed by atoms with Crippen LogP contribution in [0.2, 0.25) is 0 Å². The molecule has 11 heavy (non-hydrogen) atoms. The Morgan fingerprint density at radius 3 is 2.64 bits per heavy atom. The van der Waals surface area contributed by atoms with Gasteiger partial charge in [-0.25, -0.2) is 8.60 Å². The number of nitrogens with two attached hydrogens (primary N) is 1. The van der Waals surface area contributed by atoms with Crippen LogP contribution in [0.15, 0.2) is 23.1 Å². The molecule has 1 unspecified atom stereocenters. The summed E-state index contributed by atoms with van der Waals surface area (Å²) in [5.74, 6) is -0.584. The van der Waals surface area contributed by atoms with Gasteiger partial charge in [0.25, 0.3) is 0 Å². The monoisotopic (exact) mass is 175 g/mol. The average Bonchev–Trinajstić information content (AvgIpc) is 1.94. The zero-order chi connectivity index (χ0) is 8.43. The van der Waals surface area contributed by atoms with Crippen LogP contribution >= 0.6 is 0 Å². The van der Waals surface area contributed by atoms with Gasteiger partial charge in [-0.3, -0.25) is 0 Å². The summed E-state index contributed by atoms with van der Waals surface area (Å²) in [7, 11) is 0. The number of hydrogen-bond acceptors (Lipinski definition) is 2. The third-order valence-corrected chi connectivity index (χ3v) is 1.83. The fourth-order valence-corrected chi connectivity index (χ4v) is 1.04. The molecule has 1 rings (SSSR count). The van der Waals surface area contributed by atoms with Crippen LogP contribution in [0.5, 0.6) is 0 Å². The van der Waals surface area contributed by atoms with Gasteiger partial charge in [0.1, 0.15) is 5.82 Å². The number of hydrogen-bond donors (Lipinski definition) is 2. The minimum absolute atomic E-state index is 0.101. The molecule has 0 amide bonds. The highest BCUT2D eigenvalue weighted by atomic mass is 32.2. The van der Waals surface area contributed by atoms with E-state index < -0.39 is 16.9 Å². The van der Waals surface area contributed by atoms with Gasteiger partial charge in [-0.2, -0.15) is 0 Å². The molecule has 3 N–H and O–H groups in total. The molecule has 0 aliphatic heterocycles. The molecule has 0 bridgehead atoms. The Bertz CT molecular complexity index is 303. The van der Waals surface area contributed by atoms with Crippen molar-refractivity contribution >= 4 is 16.8 Å². The van der Waals surface area contributed by atoms with Gasteiger partial charge in [0, 0.05) is 0 Å². The Morgan fingerprint density at radius 1 is 1.55 bits per heavy atom. The van der Waals surface area contributed by atoms with Gasteiger partial charge in [-0.1, -0.05) is 0 Å². The van der Waals surface area contributed by atoms with E-state index in [-0.39, 0.29) is 10.6 Å². The van der Waals surface area contributed by atoms with Crippen molar-refractivity contribution in [1.82, 2.24) is 0 Å². The number of nitrogen functional groups attached to an aromatic ring is 1. The first-order valence-electron chi connectivity index (χ1n) is 2.77. The molecule has 0 aliphatic rings. The van der Waals surface area contributed by atoms with Crippen LogP contribution in [0.1, 0.15) is 0 Å². The van der Waals surface area contributed by atoms with Crippen molar-refractivity contribution in [1.29, 1.82) is 0 Å². The van der Waals surface area contributed by atoms with Gasteiger partial charge in [0.05, 0.1) is 10.6 Å². The molecular formula is C6H6FNO2S. The summed E-state index contributed by atoms with van der Waals surface area (Å²) in [4.78, 5) is 0.101. The predicted octanol–water partition coefficient (Wildman–Crippen LogP) is 0.989. The second-order valence-corrected chi connectivity index (χ2v) is 2.90. The lowest BCUT2D eigenvalue weighted by Crippen LogP contribution is -1.94. The minimum atomic E-state index is -2.09. The molecular weight excluding hydrogens is 169 g/mol. The number of anilines is 1. The first-order chi connectivity index (χ1) is 5.11. The fourth-order valence-electron chi connectivity index (χ4n) is 0.630. The molecule has 1 atom stereocenters. The van der Waals surface area contributed by atoms with Gasteiger partial charge in [0.2, 0.25) is 0 Å². The Kier molecular flexibility index (Phi) is 2.21. The van der Waals surface area contributed by atoms with E-state index in [0.29, 0.717) is 0 Å². The van der Waals surface area contributed by atoms with Gasteiger partial charge in [-0.05, 0) is 18.2 Å². The van der Waals surface area contributed by atoms with Crippen molar-refractivity contribution in [3.63, 3.8) is 0 Å². The van der Waals surface area contributed by atoms with Crippen molar-refractivity contribution in [2.24, 2.45) is 0 Å². The largest absolute Gasteiger partial charge is 0.396 e. The molecule has 1 aromatic rings. The topological polar surface area (TPSA) is 63.3 Å². The zero-order valence-corrected chi connectivity index (χ0v) is 6.27. The molecule has 0 heterocycles. The first kappa shape index (κ1) is 8.16. The van der Waals surface area contributed by atoms with Crippen molar-refractivity contribution in [3.05, 3.63) is 24.0 Å². The van der Waals surface area contributed by atoms with Gasteiger partial charge in [0.15, 0.2) is 11.1 Å². The normalized spacial score (nSPS) is 12.9. The molecule has 1 aromatic carbocycles. The van der Waals surface area contributed by atoms with E-state index in [9.17, 15) is 8.60 Å². The van der Waals surface area contributed by atoms with E-state index in [1.165, 1.54) is 6.07 Å². The quantitative estimate of drug-likeness (QED) is 0.494. The molecule has 0 saturated heterocycles. The number of benzene rings is 1. The van der Waals surface area contributed by atoms with E-state index in [1.54, 1.807) is 0 Å². The molecule has 0 saturated carbocycles. The van der Waals surface area contributed by atoms with Gasteiger partial charge >= 0.3 is 0 Å². The van der Waals surface area contributed by atoms with Gasteiger partial charge in [-0.15, -0.1) is 0 Å². The summed E-state index contributed by atoms with van der Waals surface area (Å²) >= 11 is -2.09. The Labute approximate surface area is 65.3 Å². The summed E-state index contributed by atoms with van der Waals surface area (Å²) in [6.07, 6.45) is 0. The molecule has 3 nitrogen and oxygen atoms in total. The van der Waals surface area contributed by atoms with Crippen LogP contribution in [0.25, 0.3) is 0 Å². The van der Waals surface area contributed by atoms with E-state index in [0.717, 1.165) is 12.1 Å². The van der Waals surface area contributed by atoms with E-state index >= 15 is 0 Å². The smallest absolute Gasteiger partial charge is 0.186 e. The third-order valence-electron chi connectivity index (χ3n) is 1.17. The Balaban J connectivity index is 3.15. The predicted molar refractivity (Wildman–Crippen MR) is 39.8 cm³/mol. The maximum Gasteiger partial charge on any atom is 0.186 e. The minimum Gasteiger partial charge on any atom is -0.396 e. The molecule has 0 aliphatic carbocycles. The van der Waals surface area contributed by atoms with Crippen molar-refractivity contribution in [3.8, 4) is 0 Å². The molecule has 0 aromatic heterocycles. The second-order valence-electron chi connectivity index (χ2n) is 1.93. The highest BCUT2D eigenvalue weighted by molar-refractivity contribution is 7.79. The number of halogens is 1. The van der Waals surface area contributed by atoms with Crippen LogP contribution in [0, 0.1) is 5.82 Å². The summed E-state index contributed by atoms with van der Waals surface area (Å²) in [6.45, 7) is 0. The second kappa shape index (κ2) is 2.98. The van der Waals surface area contributed by atoms with Crippen LogP contribution in [-0.2, 0) is 11.1 Å².